The van der Waals surface area contributed by atoms with E-state index >= 15 is 0 Å². The molecule has 0 bridgehead atoms. The van der Waals surface area contributed by atoms with Crippen molar-refractivity contribution in [3.63, 3.8) is 0 Å². The largest absolute Gasteiger partial charge is 0.492 e. The average Bonchev–Trinajstić information content (AvgIpc) is 2.66. The summed E-state index contributed by atoms with van der Waals surface area (Å²) < 4.78 is 5.68. The normalized spacial score (nSPS) is 11.1. The first-order chi connectivity index (χ1) is 14.1. The maximum absolute atomic E-state index is 12.9. The third-order valence-corrected chi connectivity index (χ3v) is 4.01. The van der Waals surface area contributed by atoms with Crippen LogP contribution in [0, 0.1) is 23.7 Å². The zero-order valence-corrected chi connectivity index (χ0v) is 18.6. The van der Waals surface area contributed by atoms with Gasteiger partial charge in [-0.3, -0.25) is 15.2 Å². The molecule has 8 nitrogen and oxygen atoms in total. The van der Waals surface area contributed by atoms with Gasteiger partial charge in [0, 0.05) is 30.4 Å². The second-order valence-corrected chi connectivity index (χ2v) is 8.57. The molecule has 160 valence electrons. The first-order valence-electron chi connectivity index (χ1n) is 9.79. The SMILES string of the molecule is Cc1cc(N(CC(C)(C)C)NC(=O)c2ccc(OCCN(C)C)cc2)nc(C#N)n1. The summed E-state index contributed by atoms with van der Waals surface area (Å²) >= 11 is 0. The lowest BCUT2D eigenvalue weighted by atomic mass is 9.96. The van der Waals surface area contributed by atoms with Gasteiger partial charge in [0.2, 0.25) is 5.82 Å². The van der Waals surface area contributed by atoms with E-state index in [1.54, 1.807) is 42.3 Å². The van der Waals surface area contributed by atoms with E-state index in [0.717, 1.165) is 6.54 Å². The van der Waals surface area contributed by atoms with Crippen molar-refractivity contribution in [1.82, 2.24) is 20.3 Å². The Hall–Kier alpha value is -3.18. The van der Waals surface area contributed by atoms with E-state index < -0.39 is 0 Å². The Balaban J connectivity index is 2.16. The minimum atomic E-state index is -0.270. The zero-order valence-electron chi connectivity index (χ0n) is 18.6. The average molecular weight is 411 g/mol. The molecule has 1 aromatic heterocycles. The quantitative estimate of drug-likeness (QED) is 0.669. The Morgan fingerprint density at radius 3 is 2.43 bits per heavy atom. The number of hydrazine groups is 1. The molecule has 0 radical (unpaired) electrons. The fourth-order valence-corrected chi connectivity index (χ4v) is 2.63. The summed E-state index contributed by atoms with van der Waals surface area (Å²) in [6.45, 7) is 9.87. The number of carbonyl (C=O) groups excluding carboxylic acids is 1. The molecule has 0 unspecified atom stereocenters. The third kappa shape index (κ3) is 7.33. The number of aromatic nitrogens is 2. The second-order valence-electron chi connectivity index (χ2n) is 8.57. The number of likely N-dealkylation sites (N-methyl/N-ethyl adjacent to an activating group) is 1. The molecule has 2 aromatic rings. The molecular formula is C22H30N6O2. The number of benzene rings is 1. The van der Waals surface area contributed by atoms with Crippen LogP contribution in [0.2, 0.25) is 0 Å². The molecule has 1 aromatic carbocycles. The minimum absolute atomic E-state index is 0.0670. The minimum Gasteiger partial charge on any atom is -0.492 e. The Labute approximate surface area is 178 Å². The maximum atomic E-state index is 12.9. The van der Waals surface area contributed by atoms with Gasteiger partial charge in [0.25, 0.3) is 5.91 Å². The summed E-state index contributed by atoms with van der Waals surface area (Å²) in [7, 11) is 3.97. The number of carbonyl (C=O) groups is 1. The number of aryl methyl sites for hydroxylation is 1. The summed E-state index contributed by atoms with van der Waals surface area (Å²) in [6, 6.07) is 10.7. The Morgan fingerprint density at radius 2 is 1.87 bits per heavy atom. The van der Waals surface area contributed by atoms with E-state index in [1.165, 1.54) is 0 Å². The lowest BCUT2D eigenvalue weighted by Crippen LogP contribution is -2.47. The van der Waals surface area contributed by atoms with Gasteiger partial charge in [0.1, 0.15) is 18.4 Å². The number of amides is 1. The van der Waals surface area contributed by atoms with E-state index in [1.807, 2.05) is 25.1 Å². The lowest BCUT2D eigenvalue weighted by Gasteiger charge is -2.31. The molecule has 0 aliphatic heterocycles. The van der Waals surface area contributed by atoms with Gasteiger partial charge >= 0.3 is 0 Å². The van der Waals surface area contributed by atoms with Gasteiger partial charge in [-0.15, -0.1) is 0 Å². The van der Waals surface area contributed by atoms with E-state index in [4.69, 9.17) is 4.74 Å². The molecule has 8 heteroatoms. The van der Waals surface area contributed by atoms with Crippen molar-refractivity contribution >= 4 is 11.7 Å². The summed E-state index contributed by atoms with van der Waals surface area (Å²) in [4.78, 5) is 23.2. The number of rotatable bonds is 8. The number of nitrogens with one attached hydrogen (secondary N) is 1. The van der Waals surface area contributed by atoms with Gasteiger partial charge in [-0.05, 0) is 50.7 Å². The van der Waals surface area contributed by atoms with Crippen molar-refractivity contribution in [2.75, 3.05) is 38.8 Å². The predicted molar refractivity (Wildman–Crippen MR) is 116 cm³/mol. The van der Waals surface area contributed by atoms with Gasteiger partial charge in [-0.2, -0.15) is 10.2 Å². The predicted octanol–water partition coefficient (Wildman–Crippen LogP) is 2.79. The fraction of sp³-hybridized carbons (Fsp3) is 0.455. The third-order valence-electron chi connectivity index (χ3n) is 4.01. The fourth-order valence-electron chi connectivity index (χ4n) is 2.63. The highest BCUT2D eigenvalue weighted by atomic mass is 16.5. The summed E-state index contributed by atoms with van der Waals surface area (Å²) in [5.74, 6) is 0.988. The smallest absolute Gasteiger partial charge is 0.269 e. The van der Waals surface area contributed by atoms with Gasteiger partial charge in [0.15, 0.2) is 5.82 Å². The standard InChI is InChI=1S/C22H30N6O2/c1-16-13-20(25-19(14-23)24-16)28(15-22(2,3)4)26-21(29)17-7-9-18(10-8-17)30-12-11-27(5)6/h7-10,13H,11-12,15H2,1-6H3,(H,26,29). The number of hydrogen-bond acceptors (Lipinski definition) is 7. The van der Waals surface area contributed by atoms with Crippen LogP contribution in [-0.2, 0) is 0 Å². The Kier molecular flexibility index (Phi) is 7.72. The molecule has 0 atom stereocenters. The molecule has 2 rings (SSSR count). The zero-order chi connectivity index (χ0) is 22.3. The Bertz CT molecular complexity index is 897. The van der Waals surface area contributed by atoms with Gasteiger partial charge in [-0.1, -0.05) is 20.8 Å². The highest BCUT2D eigenvalue weighted by Gasteiger charge is 2.21. The van der Waals surface area contributed by atoms with E-state index in [9.17, 15) is 10.1 Å². The highest BCUT2D eigenvalue weighted by molar-refractivity contribution is 5.95. The lowest BCUT2D eigenvalue weighted by molar-refractivity contribution is 0.0945. The van der Waals surface area contributed by atoms with Gasteiger partial charge < -0.3 is 9.64 Å². The molecule has 30 heavy (non-hydrogen) atoms. The van der Waals surface area contributed by atoms with Gasteiger partial charge in [0.05, 0.1) is 0 Å². The second kappa shape index (κ2) is 10.0. The number of hydrogen-bond donors (Lipinski definition) is 1. The number of nitriles is 1. The highest BCUT2D eigenvalue weighted by Crippen LogP contribution is 2.20. The van der Waals surface area contributed by atoms with Crippen LogP contribution in [0.1, 0.15) is 42.6 Å². The molecular weight excluding hydrogens is 380 g/mol. The maximum Gasteiger partial charge on any atom is 0.269 e. The number of nitrogens with zero attached hydrogens (tertiary/aromatic N) is 5. The molecule has 0 aliphatic carbocycles. The van der Waals surface area contributed by atoms with Crippen molar-refractivity contribution in [2.45, 2.75) is 27.7 Å². The molecule has 0 saturated heterocycles. The summed E-state index contributed by atoms with van der Waals surface area (Å²) in [6.07, 6.45) is 0. The van der Waals surface area contributed by atoms with E-state index in [2.05, 4.69) is 36.2 Å². The van der Waals surface area contributed by atoms with Crippen LogP contribution in [-0.4, -0.2) is 54.6 Å². The molecule has 0 spiro atoms. The summed E-state index contributed by atoms with van der Waals surface area (Å²) in [5, 5.41) is 10.8. The van der Waals surface area contributed by atoms with Crippen LogP contribution in [0.25, 0.3) is 0 Å². The number of ether oxygens (including phenoxy) is 1. The van der Waals surface area contributed by atoms with Crippen LogP contribution in [0.5, 0.6) is 5.75 Å². The van der Waals surface area contributed by atoms with Crippen molar-refractivity contribution in [3.8, 4) is 11.8 Å². The Morgan fingerprint density at radius 1 is 1.20 bits per heavy atom. The first-order valence-corrected chi connectivity index (χ1v) is 9.79. The van der Waals surface area contributed by atoms with Crippen molar-refractivity contribution in [2.24, 2.45) is 5.41 Å². The van der Waals surface area contributed by atoms with E-state index in [-0.39, 0.29) is 17.1 Å². The van der Waals surface area contributed by atoms with Crippen molar-refractivity contribution < 1.29 is 9.53 Å². The van der Waals surface area contributed by atoms with Crippen LogP contribution >= 0.6 is 0 Å². The molecule has 0 fully saturated rings. The number of anilines is 1. The summed E-state index contributed by atoms with van der Waals surface area (Å²) in [5.41, 5.74) is 3.94. The van der Waals surface area contributed by atoms with E-state index in [0.29, 0.717) is 36.0 Å². The molecule has 1 amide bonds. The van der Waals surface area contributed by atoms with Gasteiger partial charge in [-0.25, -0.2) is 4.98 Å². The molecule has 1 heterocycles. The molecule has 1 N–H and O–H groups in total. The van der Waals surface area contributed by atoms with Crippen LogP contribution in [0.4, 0.5) is 5.82 Å². The topological polar surface area (TPSA) is 94.4 Å². The van der Waals surface area contributed by atoms with Crippen LogP contribution in [0.3, 0.4) is 0 Å². The van der Waals surface area contributed by atoms with Crippen LogP contribution in [0.15, 0.2) is 30.3 Å². The first kappa shape index (κ1) is 23.1. The van der Waals surface area contributed by atoms with Crippen molar-refractivity contribution in [1.29, 1.82) is 5.26 Å². The van der Waals surface area contributed by atoms with Crippen molar-refractivity contribution in [3.05, 3.63) is 47.4 Å². The monoisotopic (exact) mass is 410 g/mol. The van der Waals surface area contributed by atoms with Crippen LogP contribution < -0.4 is 15.2 Å². The molecule has 0 aliphatic rings. The molecule has 0 saturated carbocycles.